The van der Waals surface area contributed by atoms with Crippen LogP contribution in [0.3, 0.4) is 0 Å². The zero-order valence-corrected chi connectivity index (χ0v) is 25.5. The molecule has 5 heteroatoms. The molecule has 0 N–H and O–H groups in total. The monoisotopic (exact) mass is 596 g/mol. The van der Waals surface area contributed by atoms with Gasteiger partial charge in [-0.05, 0) is 60.5 Å². The Hall–Kier alpha value is -5.65. The van der Waals surface area contributed by atoms with E-state index in [0.29, 0.717) is 11.5 Å². The Kier molecular flexibility index (Phi) is 6.66. The SMILES string of the molecule is C=C(N=C(N=C(C)c1ccc2sc3cccc(-n4c5ccccc5c5cccnc54)c3c2c1)c1ccccc1)c1ccccc1. The lowest BCUT2D eigenvalue weighted by atomic mass is 10.0. The van der Waals surface area contributed by atoms with E-state index in [1.54, 1.807) is 0 Å². The van der Waals surface area contributed by atoms with Crippen LogP contribution < -0.4 is 0 Å². The first-order chi connectivity index (χ1) is 22.2. The summed E-state index contributed by atoms with van der Waals surface area (Å²) in [6.45, 7) is 6.31. The van der Waals surface area contributed by atoms with Gasteiger partial charge in [0.2, 0.25) is 0 Å². The lowest BCUT2D eigenvalue weighted by Gasteiger charge is -2.10. The van der Waals surface area contributed by atoms with Gasteiger partial charge in [0, 0.05) is 48.4 Å². The van der Waals surface area contributed by atoms with Crippen LogP contribution in [0.5, 0.6) is 0 Å². The van der Waals surface area contributed by atoms with Crippen LogP contribution in [0.15, 0.2) is 156 Å². The maximum atomic E-state index is 5.10. The maximum Gasteiger partial charge on any atom is 0.160 e. The number of pyridine rings is 1. The molecular formula is C40H28N4S. The predicted molar refractivity (Wildman–Crippen MR) is 192 cm³/mol. The molecule has 0 bridgehead atoms. The Balaban J connectivity index is 1.30. The average molecular weight is 597 g/mol. The van der Waals surface area contributed by atoms with Gasteiger partial charge >= 0.3 is 0 Å². The topological polar surface area (TPSA) is 42.5 Å². The molecule has 0 spiro atoms. The maximum absolute atomic E-state index is 5.10. The van der Waals surface area contributed by atoms with Gasteiger partial charge in [-0.3, -0.25) is 4.57 Å². The number of amidine groups is 1. The number of aliphatic imine (C=N–C) groups is 2. The second kappa shape index (κ2) is 11.1. The summed E-state index contributed by atoms with van der Waals surface area (Å²) in [6.07, 6.45) is 1.87. The van der Waals surface area contributed by atoms with E-state index in [1.807, 2.05) is 84.3 Å². The highest BCUT2D eigenvalue weighted by Gasteiger charge is 2.18. The summed E-state index contributed by atoms with van der Waals surface area (Å²) < 4.78 is 4.78. The lowest BCUT2D eigenvalue weighted by molar-refractivity contribution is 1.15. The number of aromatic nitrogens is 2. The molecule has 0 aliphatic heterocycles. The summed E-state index contributed by atoms with van der Waals surface area (Å²) >= 11 is 1.81. The van der Waals surface area contributed by atoms with Crippen LogP contribution in [0, 0.1) is 0 Å². The van der Waals surface area contributed by atoms with Crippen LogP contribution in [-0.4, -0.2) is 21.1 Å². The van der Waals surface area contributed by atoms with E-state index in [0.717, 1.165) is 44.6 Å². The molecule has 0 unspecified atom stereocenters. The molecule has 0 saturated carbocycles. The van der Waals surface area contributed by atoms with Gasteiger partial charge in [-0.15, -0.1) is 11.3 Å². The van der Waals surface area contributed by atoms with Crippen LogP contribution in [0.25, 0.3) is 53.5 Å². The number of hydrogen-bond donors (Lipinski definition) is 0. The summed E-state index contributed by atoms with van der Waals surface area (Å²) in [5, 5.41) is 4.77. The zero-order valence-electron chi connectivity index (χ0n) is 24.7. The molecule has 45 heavy (non-hydrogen) atoms. The van der Waals surface area contributed by atoms with Gasteiger partial charge in [0.05, 0.1) is 16.9 Å². The number of para-hydroxylation sites is 1. The van der Waals surface area contributed by atoms with Crippen LogP contribution in [-0.2, 0) is 0 Å². The second-order valence-electron chi connectivity index (χ2n) is 11.0. The number of benzene rings is 5. The first-order valence-corrected chi connectivity index (χ1v) is 15.7. The predicted octanol–water partition coefficient (Wildman–Crippen LogP) is 10.5. The third-order valence-corrected chi connectivity index (χ3v) is 9.35. The van der Waals surface area contributed by atoms with E-state index in [1.165, 1.54) is 25.6 Å². The van der Waals surface area contributed by atoms with Crippen molar-refractivity contribution in [2.24, 2.45) is 9.98 Å². The van der Waals surface area contributed by atoms with Crippen molar-refractivity contribution in [1.82, 2.24) is 9.55 Å². The summed E-state index contributed by atoms with van der Waals surface area (Å²) in [5.41, 5.74) is 7.75. The van der Waals surface area contributed by atoms with Gasteiger partial charge in [0.25, 0.3) is 0 Å². The van der Waals surface area contributed by atoms with Crippen molar-refractivity contribution in [3.8, 4) is 5.69 Å². The minimum atomic E-state index is 0.634. The van der Waals surface area contributed by atoms with Crippen LogP contribution in [0.4, 0.5) is 0 Å². The fourth-order valence-corrected chi connectivity index (χ4v) is 7.15. The minimum Gasteiger partial charge on any atom is -0.293 e. The first-order valence-electron chi connectivity index (χ1n) is 14.9. The molecule has 3 heterocycles. The normalized spacial score (nSPS) is 12.5. The summed E-state index contributed by atoms with van der Waals surface area (Å²) in [4.78, 5) is 14.9. The molecule has 0 aliphatic carbocycles. The van der Waals surface area contributed by atoms with Gasteiger partial charge in [0.1, 0.15) is 5.65 Å². The molecule has 4 nitrogen and oxygen atoms in total. The van der Waals surface area contributed by atoms with Gasteiger partial charge in [-0.1, -0.05) is 97.6 Å². The molecule has 0 fully saturated rings. The van der Waals surface area contributed by atoms with Crippen molar-refractivity contribution < 1.29 is 0 Å². The molecular weight excluding hydrogens is 569 g/mol. The number of fused-ring (bicyclic) bond motifs is 6. The van der Waals surface area contributed by atoms with E-state index in [-0.39, 0.29) is 0 Å². The lowest BCUT2D eigenvalue weighted by Crippen LogP contribution is -2.04. The van der Waals surface area contributed by atoms with Crippen molar-refractivity contribution in [3.63, 3.8) is 0 Å². The quantitative estimate of drug-likeness (QED) is 0.144. The number of rotatable bonds is 5. The standard InChI is InChI=1S/C40H28N4S/c1-26(28-13-5-3-6-14-28)42-39(29-15-7-4-8-16-29)43-27(2)30-22-23-36-33(25-30)38-35(20-11-21-37(38)45-36)44-34-19-10-9-17-31(34)32-18-12-24-41-40(32)44/h3-25H,1H2,2H3. The second-order valence-corrected chi connectivity index (χ2v) is 12.1. The summed E-state index contributed by atoms with van der Waals surface area (Å²) in [5.74, 6) is 0.634. The molecule has 0 aliphatic rings. The molecule has 0 saturated heterocycles. The molecule has 0 atom stereocenters. The molecule has 3 aromatic heterocycles. The Morgan fingerprint density at radius 2 is 1.38 bits per heavy atom. The Morgan fingerprint density at radius 3 is 2.20 bits per heavy atom. The van der Waals surface area contributed by atoms with E-state index in [2.05, 4.69) is 84.8 Å². The molecule has 5 aromatic carbocycles. The largest absolute Gasteiger partial charge is 0.293 e. The minimum absolute atomic E-state index is 0.634. The van der Waals surface area contributed by atoms with E-state index in [4.69, 9.17) is 15.0 Å². The number of thiophene rings is 1. The van der Waals surface area contributed by atoms with Crippen molar-refractivity contribution in [3.05, 3.63) is 163 Å². The molecule has 8 rings (SSSR count). The smallest absolute Gasteiger partial charge is 0.160 e. The average Bonchev–Trinajstić information content (AvgIpc) is 3.64. The Bertz CT molecular complexity index is 2390. The van der Waals surface area contributed by atoms with E-state index >= 15 is 0 Å². The zero-order chi connectivity index (χ0) is 30.3. The van der Waals surface area contributed by atoms with Crippen molar-refractivity contribution in [2.75, 3.05) is 0 Å². The van der Waals surface area contributed by atoms with Crippen molar-refractivity contribution in [1.29, 1.82) is 0 Å². The Morgan fingerprint density at radius 1 is 0.644 bits per heavy atom. The first kappa shape index (κ1) is 26.9. The van der Waals surface area contributed by atoms with Gasteiger partial charge in [-0.2, -0.15) is 0 Å². The van der Waals surface area contributed by atoms with Gasteiger partial charge in [0.15, 0.2) is 5.84 Å². The summed E-state index contributed by atoms with van der Waals surface area (Å²) in [7, 11) is 0. The third kappa shape index (κ3) is 4.74. The van der Waals surface area contributed by atoms with Crippen LogP contribution >= 0.6 is 11.3 Å². The fourth-order valence-electron chi connectivity index (χ4n) is 6.05. The molecule has 0 amide bonds. The van der Waals surface area contributed by atoms with Gasteiger partial charge in [-0.25, -0.2) is 15.0 Å². The van der Waals surface area contributed by atoms with Crippen LogP contribution in [0.1, 0.15) is 23.6 Å². The fraction of sp³-hybridized carbons (Fsp3) is 0.0250. The van der Waals surface area contributed by atoms with Crippen molar-refractivity contribution >= 4 is 70.7 Å². The Labute approximate surface area is 265 Å². The van der Waals surface area contributed by atoms with Crippen LogP contribution in [0.2, 0.25) is 0 Å². The summed E-state index contributed by atoms with van der Waals surface area (Å²) in [6, 6.07) is 46.0. The highest BCUT2D eigenvalue weighted by Crippen LogP contribution is 2.40. The van der Waals surface area contributed by atoms with E-state index < -0.39 is 0 Å². The van der Waals surface area contributed by atoms with E-state index in [9.17, 15) is 0 Å². The highest BCUT2D eigenvalue weighted by atomic mass is 32.1. The number of nitrogens with zero attached hydrogens (tertiary/aromatic N) is 4. The highest BCUT2D eigenvalue weighted by molar-refractivity contribution is 7.25. The molecule has 214 valence electrons. The molecule has 8 aromatic rings. The van der Waals surface area contributed by atoms with Gasteiger partial charge < -0.3 is 0 Å². The van der Waals surface area contributed by atoms with Crippen molar-refractivity contribution in [2.45, 2.75) is 6.92 Å². The number of hydrogen-bond acceptors (Lipinski definition) is 3. The third-order valence-electron chi connectivity index (χ3n) is 8.22. The molecule has 0 radical (unpaired) electrons.